The number of aromatic nitrogens is 2. The van der Waals surface area contributed by atoms with Crippen LogP contribution >= 0.6 is 23.1 Å². The summed E-state index contributed by atoms with van der Waals surface area (Å²) in [6, 6.07) is 0.0561. The Kier molecular flexibility index (Phi) is 7.22. The fourth-order valence-corrected chi connectivity index (χ4v) is 6.49. The third kappa shape index (κ3) is 4.63. The Morgan fingerprint density at radius 2 is 2.00 bits per heavy atom. The third-order valence-corrected chi connectivity index (χ3v) is 8.85. The summed E-state index contributed by atoms with van der Waals surface area (Å²) in [5, 5.41) is 1.51. The maximum absolute atomic E-state index is 13.4. The van der Waals surface area contributed by atoms with E-state index in [4.69, 9.17) is 4.98 Å². The van der Waals surface area contributed by atoms with E-state index in [1.54, 1.807) is 18.3 Å². The predicted molar refractivity (Wildman–Crippen MR) is 118 cm³/mol. The first kappa shape index (κ1) is 21.8. The molecule has 0 spiro atoms. The molecular weight excluding hydrogens is 414 g/mol. The fraction of sp³-hybridized carbons (Fsp3) is 0.684. The van der Waals surface area contributed by atoms with Gasteiger partial charge >= 0.3 is 0 Å². The Bertz CT molecular complexity index is 995. The highest BCUT2D eigenvalue weighted by Crippen LogP contribution is 2.34. The molecule has 6 nitrogen and oxygen atoms in total. The topological polar surface area (TPSA) is 81.1 Å². The van der Waals surface area contributed by atoms with Crippen LogP contribution in [0, 0.1) is 0 Å². The van der Waals surface area contributed by atoms with Crippen LogP contribution in [0.4, 0.5) is 0 Å². The largest absolute Gasteiger partial charge is 0.284 e. The molecule has 9 heteroatoms. The molecule has 0 saturated carbocycles. The normalized spacial score (nSPS) is 16.1. The van der Waals surface area contributed by atoms with E-state index < -0.39 is 10.0 Å². The Balaban J connectivity index is 1.96. The molecule has 0 aromatic carbocycles. The number of hydrogen-bond acceptors (Lipinski definition) is 6. The van der Waals surface area contributed by atoms with E-state index >= 15 is 0 Å². The van der Waals surface area contributed by atoms with Gasteiger partial charge in [-0.1, -0.05) is 25.1 Å². The standard InChI is InChI=1S/C19H29N3O3S3/c1-4-13(3)22-18(23)16-14-9-7-6-8-10-15(14)27-17(16)21-19(22)26-12-11-20-28(24,25)5-2/h13,20H,4-12H2,1-3H3. The molecule has 0 saturated heterocycles. The van der Waals surface area contributed by atoms with E-state index in [2.05, 4.69) is 11.6 Å². The van der Waals surface area contributed by atoms with Crippen molar-refractivity contribution in [2.24, 2.45) is 0 Å². The zero-order valence-corrected chi connectivity index (χ0v) is 19.2. The number of rotatable bonds is 8. The number of thioether (sulfide) groups is 1. The molecule has 28 heavy (non-hydrogen) atoms. The van der Waals surface area contributed by atoms with Gasteiger partial charge in [0.15, 0.2) is 5.16 Å². The van der Waals surface area contributed by atoms with Crippen molar-refractivity contribution >= 4 is 43.3 Å². The van der Waals surface area contributed by atoms with Crippen LogP contribution in [-0.2, 0) is 22.9 Å². The van der Waals surface area contributed by atoms with Gasteiger partial charge < -0.3 is 0 Å². The van der Waals surface area contributed by atoms with E-state index in [9.17, 15) is 13.2 Å². The van der Waals surface area contributed by atoms with Crippen LogP contribution in [0.25, 0.3) is 10.2 Å². The van der Waals surface area contributed by atoms with E-state index in [1.165, 1.54) is 35.0 Å². The summed E-state index contributed by atoms with van der Waals surface area (Å²) in [6.45, 7) is 6.06. The molecule has 3 rings (SSSR count). The van der Waals surface area contributed by atoms with E-state index in [0.29, 0.717) is 17.5 Å². The van der Waals surface area contributed by atoms with Gasteiger partial charge in [0.1, 0.15) is 4.83 Å². The van der Waals surface area contributed by atoms with Crippen molar-refractivity contribution in [1.29, 1.82) is 0 Å². The summed E-state index contributed by atoms with van der Waals surface area (Å²) in [6.07, 6.45) is 6.39. The number of sulfonamides is 1. The highest BCUT2D eigenvalue weighted by Gasteiger charge is 2.23. The lowest BCUT2D eigenvalue weighted by molar-refractivity contribution is 0.468. The Morgan fingerprint density at radius 1 is 1.25 bits per heavy atom. The summed E-state index contributed by atoms with van der Waals surface area (Å²) in [4.78, 5) is 20.5. The molecule has 1 N–H and O–H groups in total. The second kappa shape index (κ2) is 9.28. The minimum Gasteiger partial charge on any atom is -0.284 e. The molecular formula is C19H29N3O3S3. The van der Waals surface area contributed by atoms with Crippen molar-refractivity contribution in [3.8, 4) is 0 Å². The SMILES string of the molecule is CCC(C)n1c(SCCNS(=O)(=O)CC)nc2sc3c(c2c1=O)CCCCC3. The number of hydrogen-bond donors (Lipinski definition) is 1. The van der Waals surface area contributed by atoms with Gasteiger partial charge in [-0.3, -0.25) is 9.36 Å². The van der Waals surface area contributed by atoms with Crippen molar-refractivity contribution < 1.29 is 8.42 Å². The second-order valence-electron chi connectivity index (χ2n) is 7.22. The van der Waals surface area contributed by atoms with Gasteiger partial charge in [-0.05, 0) is 51.5 Å². The molecule has 0 amide bonds. The lowest BCUT2D eigenvalue weighted by atomic mass is 10.1. The molecule has 0 radical (unpaired) electrons. The number of nitrogens with zero attached hydrogens (tertiary/aromatic N) is 2. The molecule has 2 aromatic rings. The molecule has 2 heterocycles. The van der Waals surface area contributed by atoms with E-state index in [-0.39, 0.29) is 17.4 Å². The minimum absolute atomic E-state index is 0.0561. The fourth-order valence-electron chi connectivity index (χ4n) is 3.49. The third-order valence-electron chi connectivity index (χ3n) is 5.31. The summed E-state index contributed by atoms with van der Waals surface area (Å²) < 4.78 is 27.6. The minimum atomic E-state index is -3.20. The monoisotopic (exact) mass is 443 g/mol. The average Bonchev–Trinajstić information content (AvgIpc) is 2.86. The van der Waals surface area contributed by atoms with Gasteiger partial charge in [0.05, 0.1) is 11.1 Å². The lowest BCUT2D eigenvalue weighted by Crippen LogP contribution is -2.28. The average molecular weight is 444 g/mol. The number of thiophene rings is 1. The maximum atomic E-state index is 13.4. The first-order valence-corrected chi connectivity index (χ1v) is 13.5. The first-order valence-electron chi connectivity index (χ1n) is 10.0. The zero-order chi connectivity index (χ0) is 20.3. The number of nitrogens with one attached hydrogen (secondary N) is 1. The molecule has 1 atom stereocenters. The highest BCUT2D eigenvalue weighted by molar-refractivity contribution is 7.99. The Labute approximate surface area is 175 Å². The number of fused-ring (bicyclic) bond motifs is 3. The van der Waals surface area contributed by atoms with E-state index in [1.807, 2.05) is 11.5 Å². The molecule has 1 aliphatic carbocycles. The number of aryl methyl sites for hydroxylation is 2. The molecule has 1 unspecified atom stereocenters. The van der Waals surface area contributed by atoms with Crippen molar-refractivity contribution in [1.82, 2.24) is 14.3 Å². The van der Waals surface area contributed by atoms with Gasteiger partial charge in [0.25, 0.3) is 5.56 Å². The van der Waals surface area contributed by atoms with Gasteiger partial charge in [0.2, 0.25) is 10.0 Å². The van der Waals surface area contributed by atoms with Crippen LogP contribution in [0.3, 0.4) is 0 Å². The second-order valence-corrected chi connectivity index (χ2v) is 11.5. The first-order chi connectivity index (χ1) is 13.4. The molecule has 156 valence electrons. The van der Waals surface area contributed by atoms with Crippen LogP contribution in [0.1, 0.15) is 62.9 Å². The molecule has 2 aromatic heterocycles. The Morgan fingerprint density at radius 3 is 2.71 bits per heavy atom. The van der Waals surface area contributed by atoms with Gasteiger partial charge in [-0.2, -0.15) is 0 Å². The van der Waals surface area contributed by atoms with Crippen molar-refractivity contribution in [2.75, 3.05) is 18.1 Å². The summed E-state index contributed by atoms with van der Waals surface area (Å²) >= 11 is 3.12. The Hall–Kier alpha value is -0.900. The van der Waals surface area contributed by atoms with Crippen LogP contribution in [0.15, 0.2) is 9.95 Å². The van der Waals surface area contributed by atoms with Crippen LogP contribution in [0.2, 0.25) is 0 Å². The molecule has 1 aliphatic rings. The van der Waals surface area contributed by atoms with Crippen LogP contribution < -0.4 is 10.3 Å². The summed E-state index contributed by atoms with van der Waals surface area (Å²) in [7, 11) is -3.20. The molecule has 0 fully saturated rings. The van der Waals surface area contributed by atoms with Gasteiger partial charge in [-0.25, -0.2) is 18.1 Å². The van der Waals surface area contributed by atoms with Gasteiger partial charge in [0, 0.05) is 23.2 Å². The van der Waals surface area contributed by atoms with E-state index in [0.717, 1.165) is 35.9 Å². The summed E-state index contributed by atoms with van der Waals surface area (Å²) in [5.74, 6) is 0.610. The van der Waals surface area contributed by atoms with Crippen molar-refractivity contribution in [2.45, 2.75) is 70.5 Å². The van der Waals surface area contributed by atoms with Crippen molar-refractivity contribution in [3.63, 3.8) is 0 Å². The highest BCUT2D eigenvalue weighted by atomic mass is 32.2. The summed E-state index contributed by atoms with van der Waals surface area (Å²) in [5.41, 5.74) is 1.29. The van der Waals surface area contributed by atoms with Crippen molar-refractivity contribution in [3.05, 3.63) is 20.8 Å². The molecule has 0 aliphatic heterocycles. The predicted octanol–water partition coefficient (Wildman–Crippen LogP) is 3.73. The smallest absolute Gasteiger partial charge is 0.263 e. The van der Waals surface area contributed by atoms with Crippen LogP contribution in [-0.4, -0.2) is 36.0 Å². The zero-order valence-electron chi connectivity index (χ0n) is 16.8. The van der Waals surface area contributed by atoms with Crippen LogP contribution in [0.5, 0.6) is 0 Å². The lowest BCUT2D eigenvalue weighted by Gasteiger charge is -2.17. The maximum Gasteiger partial charge on any atom is 0.263 e. The quantitative estimate of drug-likeness (QED) is 0.291. The van der Waals surface area contributed by atoms with Gasteiger partial charge in [-0.15, -0.1) is 11.3 Å². The molecule has 0 bridgehead atoms.